The molecule has 0 fully saturated rings. The Bertz CT molecular complexity index is 278. The van der Waals surface area contributed by atoms with E-state index in [0.717, 1.165) is 14.2 Å². The lowest BCUT2D eigenvalue weighted by Crippen LogP contribution is -1.87. The molecule has 11 heavy (non-hydrogen) atoms. The van der Waals surface area contributed by atoms with E-state index >= 15 is 0 Å². The summed E-state index contributed by atoms with van der Waals surface area (Å²) in [6.07, 6.45) is 4.30. The van der Waals surface area contributed by atoms with Crippen LogP contribution in [-0.2, 0) is 0 Å². The predicted molar refractivity (Wildman–Crippen MR) is 50.5 cm³/mol. The molecule has 1 N–H and O–H groups in total. The van der Waals surface area contributed by atoms with Crippen LogP contribution in [0.5, 0.6) is 0 Å². The van der Waals surface area contributed by atoms with Crippen LogP contribution in [0.1, 0.15) is 16.5 Å². The van der Waals surface area contributed by atoms with Crippen molar-refractivity contribution >= 4 is 27.3 Å². The lowest BCUT2D eigenvalue weighted by molar-refractivity contribution is 0.242. The van der Waals surface area contributed by atoms with Gasteiger partial charge < -0.3 is 5.11 Å². The molecular formula is C8H7BrOS. The van der Waals surface area contributed by atoms with E-state index in [1.54, 1.807) is 0 Å². The van der Waals surface area contributed by atoms with Gasteiger partial charge in [-0.1, -0.05) is 5.92 Å². The second-order valence-corrected chi connectivity index (χ2v) is 4.58. The van der Waals surface area contributed by atoms with Crippen LogP contribution in [0.15, 0.2) is 9.85 Å². The predicted octanol–water partition coefficient (Wildman–Crippen LogP) is 2.49. The molecule has 3 heteroatoms. The number of aryl methyl sites for hydroxylation is 1. The van der Waals surface area contributed by atoms with Crippen molar-refractivity contribution in [1.29, 1.82) is 0 Å². The minimum Gasteiger partial charge on any atom is -0.375 e. The van der Waals surface area contributed by atoms with Crippen molar-refractivity contribution in [3.8, 4) is 12.3 Å². The Morgan fingerprint density at radius 3 is 2.82 bits per heavy atom. The van der Waals surface area contributed by atoms with Crippen molar-refractivity contribution in [2.45, 2.75) is 13.0 Å². The van der Waals surface area contributed by atoms with Crippen molar-refractivity contribution < 1.29 is 5.11 Å². The topological polar surface area (TPSA) is 20.2 Å². The zero-order chi connectivity index (χ0) is 8.43. The van der Waals surface area contributed by atoms with E-state index in [9.17, 15) is 5.11 Å². The third-order valence-electron chi connectivity index (χ3n) is 1.30. The number of hydrogen-bond acceptors (Lipinski definition) is 2. The van der Waals surface area contributed by atoms with Crippen molar-refractivity contribution in [3.05, 3.63) is 20.3 Å². The van der Waals surface area contributed by atoms with E-state index in [1.807, 2.05) is 13.0 Å². The number of aliphatic hydroxyl groups excluding tert-OH is 1. The molecule has 0 radical (unpaired) electrons. The van der Waals surface area contributed by atoms with Gasteiger partial charge in [-0.25, -0.2) is 0 Å². The minimum absolute atomic E-state index is 0.759. The summed E-state index contributed by atoms with van der Waals surface area (Å²) in [5, 5.41) is 9.22. The summed E-state index contributed by atoms with van der Waals surface area (Å²) in [6, 6.07) is 1.89. The zero-order valence-corrected chi connectivity index (χ0v) is 8.37. The number of aliphatic hydroxyl groups is 1. The van der Waals surface area contributed by atoms with Crippen LogP contribution in [0.2, 0.25) is 0 Å². The van der Waals surface area contributed by atoms with Crippen LogP contribution < -0.4 is 0 Å². The largest absolute Gasteiger partial charge is 0.375 e. The Labute approximate surface area is 78.2 Å². The monoisotopic (exact) mass is 230 g/mol. The van der Waals surface area contributed by atoms with Crippen LogP contribution in [0, 0.1) is 19.3 Å². The molecule has 1 heterocycles. The van der Waals surface area contributed by atoms with Gasteiger partial charge in [-0.3, -0.25) is 0 Å². The van der Waals surface area contributed by atoms with Crippen molar-refractivity contribution in [2.75, 3.05) is 0 Å². The summed E-state index contributed by atoms with van der Waals surface area (Å²) in [5.41, 5.74) is 1.11. The van der Waals surface area contributed by atoms with Gasteiger partial charge in [0.2, 0.25) is 0 Å². The maximum atomic E-state index is 9.22. The summed E-state index contributed by atoms with van der Waals surface area (Å²) in [4.78, 5) is 0.817. The second kappa shape index (κ2) is 3.40. The smallest absolute Gasteiger partial charge is 0.149 e. The van der Waals surface area contributed by atoms with Gasteiger partial charge in [0.05, 0.1) is 3.79 Å². The molecule has 0 aliphatic heterocycles. The van der Waals surface area contributed by atoms with Gasteiger partial charge in [-0.15, -0.1) is 17.8 Å². The molecule has 1 atom stereocenters. The zero-order valence-electron chi connectivity index (χ0n) is 5.97. The lowest BCUT2D eigenvalue weighted by atomic mass is 10.2. The molecule has 58 valence electrons. The molecule has 1 nitrogen and oxygen atoms in total. The normalized spacial score (nSPS) is 12.5. The van der Waals surface area contributed by atoms with E-state index in [4.69, 9.17) is 6.42 Å². The van der Waals surface area contributed by atoms with Crippen LogP contribution in [-0.4, -0.2) is 5.11 Å². The fourth-order valence-electron chi connectivity index (χ4n) is 0.700. The Kier molecular flexibility index (Phi) is 2.72. The fraction of sp³-hybridized carbons (Fsp3) is 0.250. The molecule has 1 aromatic heterocycles. The van der Waals surface area contributed by atoms with Gasteiger partial charge in [0.25, 0.3) is 0 Å². The van der Waals surface area contributed by atoms with Gasteiger partial charge in [-0.05, 0) is 34.5 Å². The molecule has 1 rings (SSSR count). The molecule has 1 unspecified atom stereocenters. The molecule has 0 spiro atoms. The van der Waals surface area contributed by atoms with Gasteiger partial charge in [-0.2, -0.15) is 0 Å². The number of rotatable bonds is 1. The molecule has 0 aliphatic rings. The Morgan fingerprint density at radius 2 is 2.45 bits per heavy atom. The highest BCUT2D eigenvalue weighted by molar-refractivity contribution is 9.11. The average Bonchev–Trinajstić information content (AvgIpc) is 2.31. The first-order chi connectivity index (χ1) is 5.15. The van der Waals surface area contributed by atoms with Crippen molar-refractivity contribution in [3.63, 3.8) is 0 Å². The SMILES string of the molecule is C#CC(O)c1cc(C)c(Br)s1. The van der Waals surface area contributed by atoms with Gasteiger partial charge in [0, 0.05) is 4.88 Å². The molecule has 0 saturated heterocycles. The summed E-state index contributed by atoms with van der Waals surface area (Å²) < 4.78 is 1.03. The average molecular weight is 231 g/mol. The lowest BCUT2D eigenvalue weighted by Gasteiger charge is -1.95. The molecule has 0 amide bonds. The summed E-state index contributed by atoms with van der Waals surface area (Å²) in [7, 11) is 0. The van der Waals surface area contributed by atoms with E-state index in [-0.39, 0.29) is 0 Å². The highest BCUT2D eigenvalue weighted by atomic mass is 79.9. The Balaban J connectivity index is 2.99. The second-order valence-electron chi connectivity index (χ2n) is 2.17. The number of thiophene rings is 1. The molecule has 0 bridgehead atoms. The first-order valence-corrected chi connectivity index (χ1v) is 4.66. The third kappa shape index (κ3) is 1.84. The van der Waals surface area contributed by atoms with E-state index in [1.165, 1.54) is 11.3 Å². The number of halogens is 1. The van der Waals surface area contributed by atoms with Crippen LogP contribution in [0.25, 0.3) is 0 Å². The summed E-state index contributed by atoms with van der Waals surface area (Å²) in [5.74, 6) is 2.27. The highest BCUT2D eigenvalue weighted by Crippen LogP contribution is 2.30. The van der Waals surface area contributed by atoms with Gasteiger partial charge in [0.1, 0.15) is 6.10 Å². The maximum Gasteiger partial charge on any atom is 0.149 e. The van der Waals surface area contributed by atoms with Gasteiger partial charge >= 0.3 is 0 Å². The fourth-order valence-corrected chi connectivity index (χ4v) is 2.22. The van der Waals surface area contributed by atoms with Crippen LogP contribution in [0.3, 0.4) is 0 Å². The molecule has 0 aromatic carbocycles. The third-order valence-corrected chi connectivity index (χ3v) is 3.49. The Hall–Kier alpha value is -0.300. The Morgan fingerprint density at radius 1 is 1.82 bits per heavy atom. The summed E-state index contributed by atoms with van der Waals surface area (Å²) >= 11 is 4.82. The first kappa shape index (κ1) is 8.79. The van der Waals surface area contributed by atoms with Gasteiger partial charge in [0.15, 0.2) is 0 Å². The highest BCUT2D eigenvalue weighted by Gasteiger charge is 2.08. The molecule has 0 aliphatic carbocycles. The molecule has 1 aromatic rings. The van der Waals surface area contributed by atoms with Crippen LogP contribution in [0.4, 0.5) is 0 Å². The van der Waals surface area contributed by atoms with E-state index in [2.05, 4.69) is 21.9 Å². The quantitative estimate of drug-likeness (QED) is 0.736. The van der Waals surface area contributed by atoms with Crippen LogP contribution >= 0.6 is 27.3 Å². The number of terminal acetylenes is 1. The number of hydrogen-bond donors (Lipinski definition) is 1. The molecular weight excluding hydrogens is 224 g/mol. The summed E-state index contributed by atoms with van der Waals surface area (Å²) in [6.45, 7) is 1.97. The van der Waals surface area contributed by atoms with Crippen molar-refractivity contribution in [1.82, 2.24) is 0 Å². The first-order valence-electron chi connectivity index (χ1n) is 3.05. The minimum atomic E-state index is -0.759. The van der Waals surface area contributed by atoms with E-state index in [0.29, 0.717) is 0 Å². The molecule has 0 saturated carbocycles. The maximum absolute atomic E-state index is 9.22. The van der Waals surface area contributed by atoms with E-state index < -0.39 is 6.10 Å². The van der Waals surface area contributed by atoms with Crippen molar-refractivity contribution in [2.24, 2.45) is 0 Å². The standard InChI is InChI=1S/C8H7BrOS/c1-3-6(10)7-4-5(2)8(9)11-7/h1,4,6,10H,2H3.